The zero-order valence-electron chi connectivity index (χ0n) is 15.1. The molecule has 4 aliphatic heterocycles. The summed E-state index contributed by atoms with van der Waals surface area (Å²) in [5.41, 5.74) is 0. The Bertz CT molecular complexity index is 753. The first-order valence-electron chi connectivity index (χ1n) is 8.85. The molecule has 0 amide bonds. The average Bonchev–Trinajstić information content (AvgIpc) is 2.76. The second-order valence-corrected chi connectivity index (χ2v) is 11.0. The number of allylic oxidation sites excluding steroid dienone is 5. The molecule has 0 aromatic heterocycles. The van der Waals surface area contributed by atoms with E-state index >= 15 is 0 Å². The van der Waals surface area contributed by atoms with Gasteiger partial charge in [0.15, 0.2) is 0 Å². The van der Waals surface area contributed by atoms with Crippen molar-refractivity contribution in [3.63, 3.8) is 0 Å². The number of hydrogen-bond acceptors (Lipinski definition) is 7. The monoisotopic (exact) mass is 448 g/mol. The van der Waals surface area contributed by atoms with Gasteiger partial charge >= 0.3 is 8.80 Å². The highest BCUT2D eigenvalue weighted by molar-refractivity contribution is 8.02. The van der Waals surface area contributed by atoms with Crippen molar-refractivity contribution < 1.29 is 18.0 Å². The van der Waals surface area contributed by atoms with Crippen LogP contribution in [0.5, 0.6) is 0 Å². The van der Waals surface area contributed by atoms with Gasteiger partial charge in [-0.25, -0.2) is 0 Å². The van der Waals surface area contributed by atoms with Crippen LogP contribution in [0.15, 0.2) is 93.6 Å². The predicted molar refractivity (Wildman–Crippen MR) is 121 cm³/mol. The van der Waals surface area contributed by atoms with E-state index in [0.29, 0.717) is 6.61 Å². The van der Waals surface area contributed by atoms with Crippen LogP contribution >= 0.6 is 35.3 Å². The highest BCUT2D eigenvalue weighted by Gasteiger charge is 2.54. The topological polar surface area (TPSA) is 36.9 Å². The molecule has 0 saturated carbocycles. The minimum Gasteiger partial charge on any atom is -0.497 e. The molecular formula is C20H20O4S3Si. The van der Waals surface area contributed by atoms with E-state index < -0.39 is 8.80 Å². The zero-order valence-corrected chi connectivity index (χ0v) is 18.6. The normalized spacial score (nSPS) is 21.1. The van der Waals surface area contributed by atoms with Gasteiger partial charge in [-0.15, -0.1) is 35.3 Å². The highest BCUT2D eigenvalue weighted by atomic mass is 32.2. The maximum atomic E-state index is 6.54. The number of rotatable bonds is 7. The summed E-state index contributed by atoms with van der Waals surface area (Å²) in [6, 6.07) is 0. The maximum Gasteiger partial charge on any atom is 0.736 e. The zero-order chi connectivity index (χ0) is 19.1. The first-order valence-corrected chi connectivity index (χ1v) is 13.7. The van der Waals surface area contributed by atoms with Crippen molar-refractivity contribution in [3.8, 4) is 0 Å². The van der Waals surface area contributed by atoms with Crippen molar-refractivity contribution in [1.29, 1.82) is 0 Å². The van der Waals surface area contributed by atoms with E-state index in [1.807, 2.05) is 46.6 Å². The molecule has 0 radical (unpaired) electrons. The molecular weight excluding hydrogens is 429 g/mol. The third-order valence-electron chi connectivity index (χ3n) is 3.98. The molecule has 4 nitrogen and oxygen atoms in total. The van der Waals surface area contributed by atoms with Crippen LogP contribution in [0, 0.1) is 0 Å². The van der Waals surface area contributed by atoms with Crippen molar-refractivity contribution in [2.75, 3.05) is 23.9 Å². The van der Waals surface area contributed by atoms with Crippen molar-refractivity contribution >= 4 is 44.1 Å². The molecule has 0 aromatic carbocycles. The quantitative estimate of drug-likeness (QED) is 0.482. The van der Waals surface area contributed by atoms with Gasteiger partial charge in [-0.3, -0.25) is 0 Å². The van der Waals surface area contributed by atoms with Crippen LogP contribution in [0.3, 0.4) is 0 Å². The second-order valence-electron chi connectivity index (χ2n) is 5.89. The van der Waals surface area contributed by atoms with Crippen molar-refractivity contribution in [1.82, 2.24) is 0 Å². The minimum atomic E-state index is -3.35. The molecule has 0 unspecified atom stereocenters. The lowest BCUT2D eigenvalue weighted by molar-refractivity contribution is 0.164. The van der Waals surface area contributed by atoms with Crippen LogP contribution in [0.2, 0.25) is 0 Å². The molecule has 4 rings (SSSR count). The summed E-state index contributed by atoms with van der Waals surface area (Å²) in [7, 11) is -3.35. The Morgan fingerprint density at radius 2 is 1.18 bits per heavy atom. The van der Waals surface area contributed by atoms with E-state index in [2.05, 4.69) is 18.2 Å². The lowest BCUT2D eigenvalue weighted by atomic mass is 10.4. The molecule has 4 heterocycles. The third kappa shape index (κ3) is 5.05. The van der Waals surface area contributed by atoms with E-state index in [9.17, 15) is 0 Å². The predicted octanol–water partition coefficient (Wildman–Crippen LogP) is 5.42. The summed E-state index contributed by atoms with van der Waals surface area (Å²) >= 11 is 5.19. The molecule has 0 N–H and O–H groups in total. The Kier molecular flexibility index (Phi) is 6.84. The van der Waals surface area contributed by atoms with Crippen LogP contribution in [-0.4, -0.2) is 32.7 Å². The Morgan fingerprint density at radius 1 is 0.679 bits per heavy atom. The van der Waals surface area contributed by atoms with Gasteiger partial charge in [0.2, 0.25) is 0 Å². The third-order valence-corrected chi connectivity index (χ3v) is 8.64. The fourth-order valence-electron chi connectivity index (χ4n) is 2.65. The van der Waals surface area contributed by atoms with Gasteiger partial charge in [0.1, 0.15) is 23.9 Å². The number of ether oxygens (including phenoxy) is 1. The van der Waals surface area contributed by atoms with Crippen LogP contribution in [-0.2, 0) is 18.0 Å². The molecule has 8 heteroatoms. The van der Waals surface area contributed by atoms with E-state index in [-0.39, 0.29) is 0 Å². The molecule has 0 aromatic rings. The van der Waals surface area contributed by atoms with E-state index in [0.717, 1.165) is 39.7 Å². The summed E-state index contributed by atoms with van der Waals surface area (Å²) in [5.74, 6) is 4.93. The van der Waals surface area contributed by atoms with E-state index in [1.165, 1.54) is 0 Å². The van der Waals surface area contributed by atoms with Crippen molar-refractivity contribution in [2.45, 2.75) is 0 Å². The smallest absolute Gasteiger partial charge is 0.497 e. The largest absolute Gasteiger partial charge is 0.736 e. The SMILES string of the molecule is C1=CC([Si](OC2=CCSC=C2)(OC2=CCSC=C2)OC2=CCSC=C2)=CCO1. The first kappa shape index (κ1) is 19.7. The summed E-state index contributed by atoms with van der Waals surface area (Å²) in [6.45, 7) is 0.469. The van der Waals surface area contributed by atoms with Crippen LogP contribution in [0.4, 0.5) is 0 Å². The molecule has 0 fully saturated rings. The van der Waals surface area contributed by atoms with Gasteiger partial charge in [-0.2, -0.15) is 0 Å². The van der Waals surface area contributed by atoms with Crippen LogP contribution in [0.1, 0.15) is 0 Å². The molecule has 4 aliphatic rings. The molecule has 0 spiro atoms. The Balaban J connectivity index is 1.72. The van der Waals surface area contributed by atoms with Gasteiger partial charge in [0, 0.05) is 17.3 Å². The van der Waals surface area contributed by atoms with E-state index in [4.69, 9.17) is 18.0 Å². The van der Waals surface area contributed by atoms with E-state index in [1.54, 1.807) is 41.5 Å². The fourth-order valence-corrected chi connectivity index (χ4v) is 6.92. The van der Waals surface area contributed by atoms with Crippen molar-refractivity contribution in [3.05, 3.63) is 93.6 Å². The Labute approximate surface area is 179 Å². The van der Waals surface area contributed by atoms with Gasteiger partial charge in [0.05, 0.1) is 11.5 Å². The molecule has 0 bridgehead atoms. The van der Waals surface area contributed by atoms with Gasteiger partial charge in [-0.05, 0) is 64.8 Å². The summed E-state index contributed by atoms with van der Waals surface area (Å²) in [4.78, 5) is 0. The first-order chi connectivity index (χ1) is 13.8. The number of hydrogen-bond donors (Lipinski definition) is 0. The van der Waals surface area contributed by atoms with Gasteiger partial charge < -0.3 is 18.0 Å². The molecule has 0 saturated heterocycles. The Hall–Kier alpha value is -1.61. The van der Waals surface area contributed by atoms with Crippen molar-refractivity contribution in [2.24, 2.45) is 0 Å². The molecule has 28 heavy (non-hydrogen) atoms. The summed E-state index contributed by atoms with van der Waals surface area (Å²) in [6.07, 6.45) is 17.6. The molecule has 0 aliphatic carbocycles. The second kappa shape index (κ2) is 9.73. The summed E-state index contributed by atoms with van der Waals surface area (Å²) in [5, 5.41) is 7.01. The van der Waals surface area contributed by atoms with Crippen LogP contribution < -0.4 is 0 Å². The van der Waals surface area contributed by atoms with Gasteiger partial charge in [0.25, 0.3) is 0 Å². The Morgan fingerprint density at radius 3 is 1.54 bits per heavy atom. The lowest BCUT2D eigenvalue weighted by Crippen LogP contribution is -2.47. The highest BCUT2D eigenvalue weighted by Crippen LogP contribution is 2.34. The van der Waals surface area contributed by atoms with Gasteiger partial charge in [-0.1, -0.05) is 0 Å². The standard InChI is InChI=1S/C20H20O4S3Si/c1-9-21-10-2-20(1)28(22-17-3-11-25-12-4-17,23-18-5-13-26-14-6-18)24-19-7-15-27-16-8-19/h1-9,11,13,15H,10,12,14,16H2. The average molecular weight is 449 g/mol. The fraction of sp³-hybridized carbons (Fsp3) is 0.200. The molecule has 0 atom stereocenters. The summed E-state index contributed by atoms with van der Waals surface area (Å²) < 4.78 is 25.0. The number of thioether (sulfide) groups is 3. The van der Waals surface area contributed by atoms with Crippen LogP contribution in [0.25, 0.3) is 0 Å². The minimum absolute atomic E-state index is 0.469. The lowest BCUT2D eigenvalue weighted by Gasteiger charge is -2.33. The maximum absolute atomic E-state index is 6.54. The molecule has 146 valence electrons.